The summed E-state index contributed by atoms with van der Waals surface area (Å²) in [6.45, 7) is 3.42. The summed E-state index contributed by atoms with van der Waals surface area (Å²) in [6, 6.07) is 10.3. The monoisotopic (exact) mass is 234 g/mol. The van der Waals surface area contributed by atoms with Crippen LogP contribution in [0, 0.1) is 0 Å². The summed E-state index contributed by atoms with van der Waals surface area (Å²) in [4.78, 5) is 11.5. The third-order valence-electron chi connectivity index (χ3n) is 2.71. The van der Waals surface area contributed by atoms with Crippen molar-refractivity contribution >= 4 is 5.78 Å². The van der Waals surface area contributed by atoms with Gasteiger partial charge in [-0.25, -0.2) is 0 Å². The van der Waals surface area contributed by atoms with Crippen LogP contribution in [0.3, 0.4) is 0 Å². The number of Topliss-reactive ketones (excluding diaryl/α,β-unsaturated/α-hetero) is 1. The third kappa shape index (κ3) is 6.90. The first kappa shape index (κ1) is 13.9. The minimum atomic E-state index is 0.362. The van der Waals surface area contributed by atoms with E-state index < -0.39 is 0 Å². The van der Waals surface area contributed by atoms with Crippen LogP contribution < -0.4 is 0 Å². The fourth-order valence-electron chi connectivity index (χ4n) is 1.78. The van der Waals surface area contributed by atoms with Crippen LogP contribution >= 0.6 is 0 Å². The van der Waals surface area contributed by atoms with Gasteiger partial charge in [0.15, 0.2) is 0 Å². The summed E-state index contributed by atoms with van der Waals surface area (Å²) in [5.74, 6) is 0.362. The van der Waals surface area contributed by atoms with Crippen molar-refractivity contribution in [1.29, 1.82) is 0 Å². The molecule has 1 aromatic carbocycles. The van der Waals surface area contributed by atoms with Crippen molar-refractivity contribution in [3.8, 4) is 0 Å². The molecule has 0 aliphatic carbocycles. The lowest BCUT2D eigenvalue weighted by Crippen LogP contribution is -2.02. The molecule has 0 aliphatic heterocycles. The number of aryl methyl sites for hydroxylation is 1. The van der Waals surface area contributed by atoms with Crippen LogP contribution in [-0.2, 0) is 16.0 Å². The molecule has 0 spiro atoms. The van der Waals surface area contributed by atoms with Crippen molar-refractivity contribution in [3.63, 3.8) is 0 Å². The number of benzene rings is 1. The summed E-state index contributed by atoms with van der Waals surface area (Å²) in [6.07, 6.45) is 4.17. The number of carbonyl (C=O) groups is 1. The molecule has 0 saturated carbocycles. The van der Waals surface area contributed by atoms with E-state index in [-0.39, 0.29) is 0 Å². The molecule has 17 heavy (non-hydrogen) atoms. The van der Waals surface area contributed by atoms with Gasteiger partial charge in [-0.3, -0.25) is 4.79 Å². The molecule has 94 valence electrons. The van der Waals surface area contributed by atoms with Crippen LogP contribution in [0.2, 0.25) is 0 Å². The highest BCUT2D eigenvalue weighted by Crippen LogP contribution is 2.06. The predicted molar refractivity (Wildman–Crippen MR) is 70.1 cm³/mol. The molecule has 0 aliphatic rings. The molecule has 1 aromatic rings. The maximum Gasteiger partial charge on any atom is 0.133 e. The summed E-state index contributed by atoms with van der Waals surface area (Å²) in [5.41, 5.74) is 1.31. The largest absolute Gasteiger partial charge is 0.382 e. The minimum absolute atomic E-state index is 0.362. The molecular formula is C15H22O2. The zero-order valence-corrected chi connectivity index (χ0v) is 10.7. The summed E-state index contributed by atoms with van der Waals surface area (Å²) >= 11 is 0. The molecule has 0 radical (unpaired) electrons. The van der Waals surface area contributed by atoms with E-state index in [1.54, 1.807) is 0 Å². The van der Waals surface area contributed by atoms with Crippen molar-refractivity contribution in [3.05, 3.63) is 35.9 Å². The van der Waals surface area contributed by atoms with E-state index in [0.29, 0.717) is 25.2 Å². The lowest BCUT2D eigenvalue weighted by Gasteiger charge is -2.02. The highest BCUT2D eigenvalue weighted by atomic mass is 16.5. The Morgan fingerprint density at radius 2 is 1.82 bits per heavy atom. The maximum atomic E-state index is 11.5. The molecule has 0 bridgehead atoms. The van der Waals surface area contributed by atoms with Crippen LogP contribution in [0.1, 0.15) is 38.2 Å². The average Bonchev–Trinajstić information content (AvgIpc) is 2.36. The number of ketones is 1. The first-order valence-electron chi connectivity index (χ1n) is 6.46. The van der Waals surface area contributed by atoms with Gasteiger partial charge in [0.1, 0.15) is 5.78 Å². The Labute approximate surface area is 104 Å². The molecule has 2 nitrogen and oxygen atoms in total. The normalized spacial score (nSPS) is 10.4. The van der Waals surface area contributed by atoms with Gasteiger partial charge >= 0.3 is 0 Å². The average molecular weight is 234 g/mol. The molecule has 0 unspecified atom stereocenters. The third-order valence-corrected chi connectivity index (χ3v) is 2.71. The van der Waals surface area contributed by atoms with Crippen molar-refractivity contribution in [2.24, 2.45) is 0 Å². The van der Waals surface area contributed by atoms with Gasteiger partial charge in [0.05, 0.1) is 0 Å². The van der Waals surface area contributed by atoms with Gasteiger partial charge in [-0.1, -0.05) is 30.3 Å². The van der Waals surface area contributed by atoms with Crippen molar-refractivity contribution in [2.45, 2.75) is 39.0 Å². The van der Waals surface area contributed by atoms with Crippen LogP contribution in [0.25, 0.3) is 0 Å². The molecule has 0 fully saturated rings. The van der Waals surface area contributed by atoms with Crippen LogP contribution in [-0.4, -0.2) is 19.0 Å². The van der Waals surface area contributed by atoms with E-state index in [2.05, 4.69) is 12.1 Å². The molecule has 1 rings (SSSR count). The SMILES string of the molecule is CCOCCCC(=O)CCCc1ccccc1. The Morgan fingerprint density at radius 1 is 1.12 bits per heavy atom. The second kappa shape index (κ2) is 8.94. The zero-order chi connectivity index (χ0) is 12.3. The van der Waals surface area contributed by atoms with Gasteiger partial charge in [-0.2, -0.15) is 0 Å². The Morgan fingerprint density at radius 3 is 2.53 bits per heavy atom. The van der Waals surface area contributed by atoms with E-state index in [0.717, 1.165) is 25.9 Å². The first-order valence-corrected chi connectivity index (χ1v) is 6.46. The summed E-state index contributed by atoms with van der Waals surface area (Å²) < 4.78 is 5.21. The standard InChI is InChI=1S/C15H22O2/c1-2-17-13-7-12-15(16)11-6-10-14-8-4-3-5-9-14/h3-5,8-9H,2,6-7,10-13H2,1H3. The van der Waals surface area contributed by atoms with E-state index in [1.807, 2.05) is 25.1 Å². The molecule has 0 amide bonds. The highest BCUT2D eigenvalue weighted by molar-refractivity contribution is 5.78. The number of carbonyl (C=O) groups excluding carboxylic acids is 1. The van der Waals surface area contributed by atoms with E-state index >= 15 is 0 Å². The lowest BCUT2D eigenvalue weighted by molar-refractivity contribution is -0.119. The first-order chi connectivity index (χ1) is 8.33. The van der Waals surface area contributed by atoms with Gasteiger partial charge in [-0.05, 0) is 31.7 Å². The van der Waals surface area contributed by atoms with Gasteiger partial charge in [0.2, 0.25) is 0 Å². The fourth-order valence-corrected chi connectivity index (χ4v) is 1.78. The molecule has 0 N–H and O–H groups in total. The Balaban J connectivity index is 2.04. The van der Waals surface area contributed by atoms with Crippen LogP contribution in [0.15, 0.2) is 30.3 Å². The van der Waals surface area contributed by atoms with Gasteiger partial charge in [0.25, 0.3) is 0 Å². The maximum absolute atomic E-state index is 11.5. The van der Waals surface area contributed by atoms with E-state index in [4.69, 9.17) is 4.74 Å². The van der Waals surface area contributed by atoms with Crippen molar-refractivity contribution < 1.29 is 9.53 Å². The van der Waals surface area contributed by atoms with Gasteiger partial charge in [0, 0.05) is 26.1 Å². The van der Waals surface area contributed by atoms with Crippen LogP contribution in [0.4, 0.5) is 0 Å². The van der Waals surface area contributed by atoms with Crippen molar-refractivity contribution in [1.82, 2.24) is 0 Å². The second-order valence-electron chi connectivity index (χ2n) is 4.18. The van der Waals surface area contributed by atoms with Crippen LogP contribution in [0.5, 0.6) is 0 Å². The topological polar surface area (TPSA) is 26.3 Å². The number of rotatable bonds is 9. The molecule has 2 heteroatoms. The van der Waals surface area contributed by atoms with Gasteiger partial charge in [-0.15, -0.1) is 0 Å². The zero-order valence-electron chi connectivity index (χ0n) is 10.7. The number of hydrogen-bond acceptors (Lipinski definition) is 2. The summed E-state index contributed by atoms with van der Waals surface area (Å²) in [5, 5.41) is 0. The molecule has 0 saturated heterocycles. The fraction of sp³-hybridized carbons (Fsp3) is 0.533. The number of ether oxygens (including phenoxy) is 1. The molecule has 0 aromatic heterocycles. The van der Waals surface area contributed by atoms with E-state index in [9.17, 15) is 4.79 Å². The molecule has 0 atom stereocenters. The predicted octanol–water partition coefficient (Wildman–Crippen LogP) is 3.40. The van der Waals surface area contributed by atoms with E-state index in [1.165, 1.54) is 5.56 Å². The Kier molecular flexibility index (Phi) is 7.32. The smallest absolute Gasteiger partial charge is 0.133 e. The Bertz CT molecular complexity index is 306. The number of hydrogen-bond donors (Lipinski definition) is 0. The molecule has 0 heterocycles. The Hall–Kier alpha value is -1.15. The highest BCUT2D eigenvalue weighted by Gasteiger charge is 2.02. The molecular weight excluding hydrogens is 212 g/mol. The van der Waals surface area contributed by atoms with Gasteiger partial charge < -0.3 is 4.74 Å². The minimum Gasteiger partial charge on any atom is -0.382 e. The summed E-state index contributed by atoms with van der Waals surface area (Å²) in [7, 11) is 0. The lowest BCUT2D eigenvalue weighted by atomic mass is 10.0. The van der Waals surface area contributed by atoms with Crippen molar-refractivity contribution in [2.75, 3.05) is 13.2 Å². The second-order valence-corrected chi connectivity index (χ2v) is 4.18. The quantitative estimate of drug-likeness (QED) is 0.612.